The Morgan fingerprint density at radius 3 is 2.40 bits per heavy atom. The third kappa shape index (κ3) is 4.11. The van der Waals surface area contributed by atoms with Crippen molar-refractivity contribution in [2.24, 2.45) is 5.73 Å². The van der Waals surface area contributed by atoms with Crippen molar-refractivity contribution in [2.75, 3.05) is 11.6 Å². The van der Waals surface area contributed by atoms with E-state index in [1.807, 2.05) is 60.9 Å². The molecule has 2 aromatic carbocycles. The number of carbonyl (C=O) groups excluding carboxylic acids is 1. The maximum Gasteiger partial charge on any atom is 0.241 e. The molecule has 104 valence electrons. The predicted octanol–water partition coefficient (Wildman–Crippen LogP) is 2.92. The van der Waals surface area contributed by atoms with Crippen LogP contribution in [0, 0.1) is 0 Å². The number of hydrogen-bond acceptors (Lipinski definition) is 3. The minimum absolute atomic E-state index is 0.161. The number of carbonyl (C=O) groups is 1. The van der Waals surface area contributed by atoms with Gasteiger partial charge in [-0.2, -0.15) is 0 Å². The van der Waals surface area contributed by atoms with E-state index in [0.29, 0.717) is 6.42 Å². The van der Waals surface area contributed by atoms with Gasteiger partial charge in [-0.3, -0.25) is 4.79 Å². The summed E-state index contributed by atoms with van der Waals surface area (Å²) < 4.78 is 0. The molecule has 3 N–H and O–H groups in total. The lowest BCUT2D eigenvalue weighted by Crippen LogP contribution is -2.37. The normalized spacial score (nSPS) is 11.9. The van der Waals surface area contributed by atoms with Crippen LogP contribution in [0.25, 0.3) is 0 Å². The standard InChI is InChI=1S/C16H18N2OS/c1-20-14-9-7-13(8-10-14)18-16(19)15(17)11-12-5-3-2-4-6-12/h2-10,15H,11,17H2,1H3,(H,18,19)/t15-/m0/s1. The molecule has 0 unspecified atom stereocenters. The van der Waals surface area contributed by atoms with Crippen LogP contribution in [-0.4, -0.2) is 18.2 Å². The number of nitrogens with two attached hydrogens (primary N) is 1. The highest BCUT2D eigenvalue weighted by Gasteiger charge is 2.14. The number of benzene rings is 2. The number of thioether (sulfide) groups is 1. The largest absolute Gasteiger partial charge is 0.325 e. The van der Waals surface area contributed by atoms with Crippen LogP contribution in [-0.2, 0) is 11.2 Å². The van der Waals surface area contributed by atoms with Crippen molar-refractivity contribution in [2.45, 2.75) is 17.4 Å². The molecule has 20 heavy (non-hydrogen) atoms. The Morgan fingerprint density at radius 1 is 1.15 bits per heavy atom. The van der Waals surface area contributed by atoms with Gasteiger partial charge in [0.25, 0.3) is 0 Å². The van der Waals surface area contributed by atoms with Crippen LogP contribution in [0.15, 0.2) is 59.5 Å². The fourth-order valence-corrected chi connectivity index (χ4v) is 2.28. The van der Waals surface area contributed by atoms with Crippen molar-refractivity contribution >= 4 is 23.4 Å². The van der Waals surface area contributed by atoms with Gasteiger partial charge in [-0.15, -0.1) is 11.8 Å². The summed E-state index contributed by atoms with van der Waals surface area (Å²) in [6, 6.07) is 17.0. The molecule has 0 spiro atoms. The smallest absolute Gasteiger partial charge is 0.241 e. The summed E-state index contributed by atoms with van der Waals surface area (Å²) >= 11 is 1.67. The number of amides is 1. The van der Waals surface area contributed by atoms with E-state index in [4.69, 9.17) is 5.73 Å². The quantitative estimate of drug-likeness (QED) is 0.831. The molecular weight excluding hydrogens is 268 g/mol. The van der Waals surface area contributed by atoms with Gasteiger partial charge in [-0.25, -0.2) is 0 Å². The zero-order chi connectivity index (χ0) is 14.4. The number of anilines is 1. The predicted molar refractivity (Wildman–Crippen MR) is 85.0 cm³/mol. The highest BCUT2D eigenvalue weighted by Crippen LogP contribution is 2.17. The topological polar surface area (TPSA) is 55.1 Å². The minimum atomic E-state index is -0.544. The van der Waals surface area contributed by atoms with Crippen molar-refractivity contribution in [1.29, 1.82) is 0 Å². The minimum Gasteiger partial charge on any atom is -0.325 e. The first-order chi connectivity index (χ1) is 9.69. The summed E-state index contributed by atoms with van der Waals surface area (Å²) in [5.41, 5.74) is 7.77. The zero-order valence-corrected chi connectivity index (χ0v) is 12.2. The van der Waals surface area contributed by atoms with Crippen LogP contribution < -0.4 is 11.1 Å². The summed E-state index contributed by atoms with van der Waals surface area (Å²) in [7, 11) is 0. The van der Waals surface area contributed by atoms with Crippen LogP contribution in [0.3, 0.4) is 0 Å². The molecule has 0 saturated heterocycles. The molecule has 3 nitrogen and oxygen atoms in total. The van der Waals surface area contributed by atoms with Gasteiger partial charge in [0.15, 0.2) is 0 Å². The van der Waals surface area contributed by atoms with E-state index < -0.39 is 6.04 Å². The summed E-state index contributed by atoms with van der Waals surface area (Å²) in [6.45, 7) is 0. The highest BCUT2D eigenvalue weighted by molar-refractivity contribution is 7.98. The molecule has 2 rings (SSSR count). The molecule has 0 fully saturated rings. The van der Waals surface area contributed by atoms with E-state index >= 15 is 0 Å². The Labute approximate surface area is 123 Å². The summed E-state index contributed by atoms with van der Waals surface area (Å²) in [5, 5.41) is 2.84. The van der Waals surface area contributed by atoms with Gasteiger partial charge in [-0.1, -0.05) is 30.3 Å². The molecule has 0 aromatic heterocycles. The molecule has 0 aliphatic carbocycles. The number of rotatable bonds is 5. The maximum atomic E-state index is 12.0. The maximum absolute atomic E-state index is 12.0. The van der Waals surface area contributed by atoms with Crippen LogP contribution in [0.1, 0.15) is 5.56 Å². The molecule has 0 saturated carbocycles. The van der Waals surface area contributed by atoms with E-state index in [1.165, 1.54) is 0 Å². The SMILES string of the molecule is CSc1ccc(NC(=O)[C@@H](N)Cc2ccccc2)cc1. The summed E-state index contributed by atoms with van der Waals surface area (Å²) in [5.74, 6) is -0.161. The Hall–Kier alpha value is -1.78. The van der Waals surface area contributed by atoms with Crippen molar-refractivity contribution < 1.29 is 4.79 Å². The Bertz CT molecular complexity index is 554. The van der Waals surface area contributed by atoms with Crippen molar-refractivity contribution in [1.82, 2.24) is 0 Å². The Balaban J connectivity index is 1.93. The van der Waals surface area contributed by atoms with E-state index in [1.54, 1.807) is 11.8 Å². The first kappa shape index (κ1) is 14.6. The fraction of sp³-hybridized carbons (Fsp3) is 0.188. The molecule has 0 bridgehead atoms. The van der Waals surface area contributed by atoms with E-state index in [0.717, 1.165) is 16.1 Å². The molecule has 1 amide bonds. The second-order valence-corrected chi connectivity index (χ2v) is 5.39. The molecule has 0 radical (unpaired) electrons. The monoisotopic (exact) mass is 286 g/mol. The second kappa shape index (κ2) is 7.12. The number of nitrogens with one attached hydrogen (secondary N) is 1. The van der Waals surface area contributed by atoms with Crippen LogP contribution >= 0.6 is 11.8 Å². The van der Waals surface area contributed by atoms with E-state index in [2.05, 4.69) is 5.32 Å². The Morgan fingerprint density at radius 2 is 1.80 bits per heavy atom. The third-order valence-corrected chi connectivity index (χ3v) is 3.74. The number of hydrogen-bond donors (Lipinski definition) is 2. The molecule has 0 aliphatic rings. The molecular formula is C16H18N2OS. The average Bonchev–Trinajstić information content (AvgIpc) is 2.49. The Kier molecular flexibility index (Phi) is 5.21. The van der Waals surface area contributed by atoms with Gasteiger partial charge in [-0.05, 0) is 42.5 Å². The summed E-state index contributed by atoms with van der Waals surface area (Å²) in [6.07, 6.45) is 2.55. The zero-order valence-electron chi connectivity index (χ0n) is 11.4. The van der Waals surface area contributed by atoms with Crippen molar-refractivity contribution in [3.05, 3.63) is 60.2 Å². The highest BCUT2D eigenvalue weighted by atomic mass is 32.2. The van der Waals surface area contributed by atoms with Gasteiger partial charge in [0.2, 0.25) is 5.91 Å². The van der Waals surface area contributed by atoms with Crippen molar-refractivity contribution in [3.63, 3.8) is 0 Å². The average molecular weight is 286 g/mol. The first-order valence-electron chi connectivity index (χ1n) is 6.43. The molecule has 0 heterocycles. The van der Waals surface area contributed by atoms with Gasteiger partial charge in [0, 0.05) is 10.6 Å². The van der Waals surface area contributed by atoms with Gasteiger partial charge in [0.05, 0.1) is 6.04 Å². The fourth-order valence-electron chi connectivity index (χ4n) is 1.87. The van der Waals surface area contributed by atoms with Gasteiger partial charge < -0.3 is 11.1 Å². The van der Waals surface area contributed by atoms with Crippen LogP contribution in [0.5, 0.6) is 0 Å². The van der Waals surface area contributed by atoms with Crippen molar-refractivity contribution in [3.8, 4) is 0 Å². The lowest BCUT2D eigenvalue weighted by atomic mass is 10.1. The first-order valence-corrected chi connectivity index (χ1v) is 7.66. The molecule has 0 aliphatic heterocycles. The lowest BCUT2D eigenvalue weighted by Gasteiger charge is -2.12. The molecule has 1 atom stereocenters. The lowest BCUT2D eigenvalue weighted by molar-refractivity contribution is -0.117. The van der Waals surface area contributed by atoms with E-state index in [-0.39, 0.29) is 5.91 Å². The molecule has 4 heteroatoms. The van der Waals surface area contributed by atoms with Gasteiger partial charge >= 0.3 is 0 Å². The second-order valence-electron chi connectivity index (χ2n) is 4.51. The summed E-state index contributed by atoms with van der Waals surface area (Å²) in [4.78, 5) is 13.2. The van der Waals surface area contributed by atoms with Crippen LogP contribution in [0.4, 0.5) is 5.69 Å². The third-order valence-electron chi connectivity index (χ3n) is 2.99. The van der Waals surface area contributed by atoms with E-state index in [9.17, 15) is 4.79 Å². The van der Waals surface area contributed by atoms with Gasteiger partial charge in [0.1, 0.15) is 0 Å². The van der Waals surface area contributed by atoms with Crippen LogP contribution in [0.2, 0.25) is 0 Å². The molecule has 2 aromatic rings.